The molecule has 7 heteroatoms. The fraction of sp³-hybridized carbons (Fsp3) is 0.286. The smallest absolute Gasteiger partial charge is 0.344 e. The van der Waals surface area contributed by atoms with Gasteiger partial charge in [-0.2, -0.15) is 0 Å². The van der Waals surface area contributed by atoms with Crippen LogP contribution in [0.15, 0.2) is 84.9 Å². The van der Waals surface area contributed by atoms with Crippen LogP contribution in [-0.4, -0.2) is 18.2 Å². The van der Waals surface area contributed by atoms with E-state index in [2.05, 4.69) is 118 Å². The van der Waals surface area contributed by atoms with Crippen molar-refractivity contribution in [1.29, 1.82) is 0 Å². The molecule has 0 N–H and O–H groups in total. The zero-order valence-corrected chi connectivity index (χ0v) is 27.8. The molecule has 4 aliphatic rings. The van der Waals surface area contributed by atoms with Gasteiger partial charge < -0.3 is 14.2 Å². The van der Waals surface area contributed by atoms with Gasteiger partial charge in [-0.1, -0.05) is 24.3 Å². The van der Waals surface area contributed by atoms with Crippen molar-refractivity contribution in [2.24, 2.45) is 23.2 Å². The minimum atomic E-state index is -0.240. The molecule has 0 bridgehead atoms. The largest absolute Gasteiger partial charge is 0.481 e. The van der Waals surface area contributed by atoms with E-state index in [0.717, 1.165) is 49.2 Å². The first kappa shape index (κ1) is 26.1. The zero-order valence-electron chi connectivity index (χ0n) is 22.6. The molecule has 0 saturated heterocycles. The third-order valence-electron chi connectivity index (χ3n) is 10.3. The normalized spacial score (nSPS) is 28.0. The molecule has 5 aromatic rings. The van der Waals surface area contributed by atoms with Crippen molar-refractivity contribution in [2.75, 3.05) is 6.61 Å². The van der Waals surface area contributed by atoms with Gasteiger partial charge in [-0.3, -0.25) is 0 Å². The molecule has 1 spiro atoms. The highest BCUT2D eigenvalue weighted by atomic mass is 127. The second-order valence-electron chi connectivity index (χ2n) is 12.4. The lowest BCUT2D eigenvalue weighted by Crippen LogP contribution is -2.50. The molecule has 5 atom stereocenters. The number of carbonyl (C=O) groups is 1. The van der Waals surface area contributed by atoms with Gasteiger partial charge in [-0.05, 0) is 137 Å². The van der Waals surface area contributed by atoms with Crippen LogP contribution in [0.3, 0.4) is 0 Å². The molecule has 0 radical (unpaired) electrons. The number of hydrogen-bond acceptors (Lipinski definition) is 4. The van der Waals surface area contributed by atoms with E-state index >= 15 is 0 Å². The van der Waals surface area contributed by atoms with E-state index in [1.807, 2.05) is 12.1 Å². The first-order valence-electron chi connectivity index (χ1n) is 14.5. The SMILES string of the molecule is O=C(COc1cc(I)c(Oc2ccc(-[s+]3c4ccccc4c4ccccc43)cc2)cc1I)OC12CC3CC4CC1(C2)C34. The third kappa shape index (κ3) is 3.71. The number of rotatable bonds is 7. The molecule has 0 aliphatic heterocycles. The highest BCUT2D eigenvalue weighted by molar-refractivity contribution is 14.1. The number of fused-ring (bicyclic) bond motifs is 3. The maximum absolute atomic E-state index is 12.8. The first-order valence-corrected chi connectivity index (χ1v) is 17.9. The molecule has 4 fully saturated rings. The van der Waals surface area contributed by atoms with E-state index in [4.69, 9.17) is 14.2 Å². The van der Waals surface area contributed by atoms with Gasteiger partial charge >= 0.3 is 5.97 Å². The number of esters is 1. The van der Waals surface area contributed by atoms with Crippen molar-refractivity contribution in [3.63, 3.8) is 0 Å². The van der Waals surface area contributed by atoms with Gasteiger partial charge in [0.25, 0.3) is 0 Å². The van der Waals surface area contributed by atoms with E-state index in [1.165, 1.54) is 37.9 Å². The van der Waals surface area contributed by atoms with Crippen LogP contribution in [-0.2, 0) is 9.53 Å². The Hall–Kier alpha value is -2.37. The Morgan fingerprint density at radius 1 is 0.833 bits per heavy atom. The van der Waals surface area contributed by atoms with E-state index in [-0.39, 0.29) is 28.6 Å². The average Bonchev–Trinajstić information content (AvgIpc) is 3.46. The Morgan fingerprint density at radius 3 is 2.17 bits per heavy atom. The Morgan fingerprint density at radius 2 is 1.48 bits per heavy atom. The minimum absolute atomic E-state index is 0.0570. The fourth-order valence-corrected chi connectivity index (χ4v) is 12.1. The van der Waals surface area contributed by atoms with Crippen molar-refractivity contribution < 1.29 is 19.0 Å². The number of thiophene rings is 1. The summed E-state index contributed by atoms with van der Waals surface area (Å²) in [5, 5.41) is 2.66. The topological polar surface area (TPSA) is 44.8 Å². The summed E-state index contributed by atoms with van der Waals surface area (Å²) in [4.78, 5) is 14.1. The number of carbonyl (C=O) groups excluding carboxylic acids is 1. The summed E-state index contributed by atoms with van der Waals surface area (Å²) in [7, 11) is -0.128. The summed E-state index contributed by atoms with van der Waals surface area (Å²) < 4.78 is 22.9. The summed E-state index contributed by atoms with van der Waals surface area (Å²) in [6, 6.07) is 29.8. The van der Waals surface area contributed by atoms with E-state index in [9.17, 15) is 4.79 Å². The van der Waals surface area contributed by atoms with Gasteiger partial charge in [0.15, 0.2) is 20.9 Å². The molecule has 9 rings (SSSR count). The quantitative estimate of drug-likeness (QED) is 0.0935. The van der Waals surface area contributed by atoms with Crippen LogP contribution < -0.4 is 9.47 Å². The van der Waals surface area contributed by atoms with Crippen molar-refractivity contribution in [3.8, 4) is 22.1 Å². The molecule has 1 heterocycles. The molecule has 4 aliphatic carbocycles. The monoisotopic (exact) mass is 797 g/mol. The van der Waals surface area contributed by atoms with Crippen molar-refractivity contribution in [3.05, 3.63) is 92.1 Å². The van der Waals surface area contributed by atoms with Gasteiger partial charge in [-0.25, -0.2) is 4.79 Å². The Balaban J connectivity index is 0.895. The van der Waals surface area contributed by atoms with Gasteiger partial charge in [-0.15, -0.1) is 0 Å². The van der Waals surface area contributed by atoms with Crippen LogP contribution >= 0.6 is 55.7 Å². The molecule has 4 aromatic carbocycles. The van der Waals surface area contributed by atoms with E-state index < -0.39 is 0 Å². The summed E-state index contributed by atoms with van der Waals surface area (Å²) in [6.45, 7) is -0.0570. The molecule has 4 saturated carbocycles. The Bertz CT molecular complexity index is 1880. The van der Waals surface area contributed by atoms with Crippen LogP contribution in [0.4, 0.5) is 0 Å². The Kier molecular flexibility index (Phi) is 5.78. The number of hydrogen-bond donors (Lipinski definition) is 0. The van der Waals surface area contributed by atoms with Crippen LogP contribution in [0, 0.1) is 30.3 Å². The first-order chi connectivity index (χ1) is 20.4. The number of ether oxygens (including phenoxy) is 3. The maximum atomic E-state index is 12.8. The van der Waals surface area contributed by atoms with Gasteiger partial charge in [0.1, 0.15) is 22.8 Å². The molecule has 5 unspecified atom stereocenters. The summed E-state index contributed by atoms with van der Waals surface area (Å²) >= 11 is 4.52. The van der Waals surface area contributed by atoms with Crippen molar-refractivity contribution in [1.82, 2.24) is 0 Å². The molecule has 0 amide bonds. The van der Waals surface area contributed by atoms with Gasteiger partial charge in [0.2, 0.25) is 0 Å². The second kappa shape index (κ2) is 9.32. The van der Waals surface area contributed by atoms with Crippen LogP contribution in [0.2, 0.25) is 0 Å². The molecule has 1 aromatic heterocycles. The lowest BCUT2D eigenvalue weighted by molar-refractivity contribution is -0.157. The highest BCUT2D eigenvalue weighted by Crippen LogP contribution is 2.88. The molecular formula is C35H27I2O4S+. The average molecular weight is 797 g/mol. The second-order valence-corrected chi connectivity index (χ2v) is 16.7. The summed E-state index contributed by atoms with van der Waals surface area (Å²) in [5.74, 6) is 4.55. The maximum Gasteiger partial charge on any atom is 0.344 e. The fourth-order valence-electron chi connectivity index (χ4n) is 8.62. The summed E-state index contributed by atoms with van der Waals surface area (Å²) in [5.41, 5.74) is 0.166. The molecule has 4 nitrogen and oxygen atoms in total. The van der Waals surface area contributed by atoms with Crippen LogP contribution in [0.5, 0.6) is 17.2 Å². The van der Waals surface area contributed by atoms with Gasteiger partial charge in [0, 0.05) is 38.8 Å². The standard InChI is InChI=1S/C35H27I2O4S/c36-26-15-29(27(37)14-28(26)39-18-32(38)41-35-17-21-13-20-16-34(35,19-35)33(20)21)40-22-9-11-23(12-10-22)42-30-7-3-1-5-24(30)25-6-2-4-8-31(25)42/h1-12,14-15,20-21,33H,13,16-19H2/q+1. The predicted octanol–water partition coefficient (Wildman–Crippen LogP) is 9.84. The lowest BCUT2D eigenvalue weighted by Gasteiger charge is -2.55. The minimum Gasteiger partial charge on any atom is -0.481 e. The van der Waals surface area contributed by atoms with Crippen molar-refractivity contribution >= 4 is 81.8 Å². The molecule has 42 heavy (non-hydrogen) atoms. The Labute approximate surface area is 274 Å². The predicted molar refractivity (Wildman–Crippen MR) is 183 cm³/mol. The van der Waals surface area contributed by atoms with E-state index in [0.29, 0.717) is 11.2 Å². The third-order valence-corrected chi connectivity index (χ3v) is 14.3. The highest BCUT2D eigenvalue weighted by Gasteiger charge is 2.88. The van der Waals surface area contributed by atoms with Gasteiger partial charge in [0.05, 0.1) is 7.14 Å². The number of halogens is 2. The number of benzene rings is 4. The summed E-state index contributed by atoms with van der Waals surface area (Å²) in [6.07, 6.45) is 4.77. The van der Waals surface area contributed by atoms with Crippen LogP contribution in [0.25, 0.3) is 25.1 Å². The van der Waals surface area contributed by atoms with Crippen molar-refractivity contribution in [2.45, 2.75) is 31.3 Å². The van der Waals surface area contributed by atoms with Crippen LogP contribution in [0.1, 0.15) is 25.7 Å². The lowest BCUT2D eigenvalue weighted by atomic mass is 9.48. The molecular weight excluding hydrogens is 770 g/mol. The zero-order chi connectivity index (χ0) is 28.2. The van der Waals surface area contributed by atoms with E-state index in [1.54, 1.807) is 0 Å². The molecule has 210 valence electrons.